The van der Waals surface area contributed by atoms with Crippen LogP contribution in [0.4, 0.5) is 5.69 Å². The fourth-order valence-corrected chi connectivity index (χ4v) is 4.25. The number of thiocarbonyl (C=S) groups is 1. The quantitative estimate of drug-likeness (QED) is 0.465. The second kappa shape index (κ2) is 8.81. The zero-order chi connectivity index (χ0) is 19.3. The highest BCUT2D eigenvalue weighted by Crippen LogP contribution is 2.29. The molecule has 1 aliphatic rings. The van der Waals surface area contributed by atoms with Gasteiger partial charge in [0.15, 0.2) is 5.11 Å². The second-order valence-electron chi connectivity index (χ2n) is 6.49. The Labute approximate surface area is 161 Å². The monoisotopic (exact) mass is 399 g/mol. The van der Waals surface area contributed by atoms with E-state index in [2.05, 4.69) is 24.3 Å². The first-order valence-corrected chi connectivity index (χ1v) is 10.3. The van der Waals surface area contributed by atoms with Crippen molar-refractivity contribution in [1.82, 2.24) is 9.62 Å². The average molecular weight is 400 g/mol. The number of sulfonamides is 1. The highest BCUT2D eigenvalue weighted by atomic mass is 32.2. The van der Waals surface area contributed by atoms with E-state index in [0.29, 0.717) is 36.2 Å². The molecule has 0 aliphatic carbocycles. The summed E-state index contributed by atoms with van der Waals surface area (Å²) in [5, 5.41) is 6.40. The number of likely N-dealkylation sites (N-methyl/N-ethyl adjacent to an activating group) is 1. The molecule has 0 bridgehead atoms. The van der Waals surface area contributed by atoms with Crippen LogP contribution in [0.15, 0.2) is 35.2 Å². The largest absolute Gasteiger partial charge is 0.495 e. The first-order valence-electron chi connectivity index (χ1n) is 8.42. The lowest BCUT2D eigenvalue weighted by atomic mass is 10.3. The van der Waals surface area contributed by atoms with Gasteiger partial charge in [0.1, 0.15) is 5.75 Å². The van der Waals surface area contributed by atoms with Crippen molar-refractivity contribution >= 4 is 33.0 Å². The topological polar surface area (TPSA) is 75.1 Å². The zero-order valence-electron chi connectivity index (χ0n) is 15.5. The van der Waals surface area contributed by atoms with Crippen molar-refractivity contribution in [2.24, 2.45) is 0 Å². The first-order chi connectivity index (χ1) is 12.2. The van der Waals surface area contributed by atoms with Gasteiger partial charge in [-0.2, -0.15) is 4.31 Å². The Morgan fingerprint density at radius 3 is 2.62 bits per heavy atom. The summed E-state index contributed by atoms with van der Waals surface area (Å²) in [6.45, 7) is 8.87. The zero-order valence-corrected chi connectivity index (χ0v) is 17.1. The van der Waals surface area contributed by atoms with Crippen LogP contribution in [0.5, 0.6) is 5.75 Å². The van der Waals surface area contributed by atoms with Crippen LogP contribution in [0, 0.1) is 0 Å². The molecule has 3 N–H and O–H groups in total. The smallest absolute Gasteiger partial charge is 0.243 e. The molecule has 0 unspecified atom stereocenters. The van der Waals surface area contributed by atoms with Crippen LogP contribution in [0.2, 0.25) is 0 Å². The second-order valence-corrected chi connectivity index (χ2v) is 8.83. The fraction of sp³-hybridized carbons (Fsp3) is 0.471. The third-order valence-electron chi connectivity index (χ3n) is 4.18. The third kappa shape index (κ3) is 5.16. The molecule has 1 aromatic rings. The maximum Gasteiger partial charge on any atom is 0.243 e. The molecule has 0 saturated carbocycles. The Morgan fingerprint density at radius 1 is 1.38 bits per heavy atom. The van der Waals surface area contributed by atoms with Crippen molar-refractivity contribution < 1.29 is 18.1 Å². The summed E-state index contributed by atoms with van der Waals surface area (Å²) in [5.41, 5.74) is 1.45. The Hall–Kier alpha value is -1.68. The Kier molecular flexibility index (Phi) is 6.99. The standard InChI is InChI=1S/C17H26N4O3S2/c1-13(2)12-18-17(25)19-15-11-14(5-6-16(15)24-4)26(22,23)21-9-7-20(3)8-10-21/h5-6,11H,1,7-10,12H2,2-4H3,(H2,18,19,25)/p+1. The number of rotatable bonds is 6. The molecule has 7 nitrogen and oxygen atoms in total. The SMILES string of the molecule is C=C(C)CNC(=S)Nc1cc(S(=O)(=O)N2CC[NH+](C)CC2)ccc1OC. The van der Waals surface area contributed by atoms with Gasteiger partial charge in [0.25, 0.3) is 0 Å². The van der Waals surface area contributed by atoms with Crippen LogP contribution in [-0.4, -0.2) is 64.7 Å². The van der Waals surface area contributed by atoms with Crippen LogP contribution < -0.4 is 20.3 Å². The normalized spacial score (nSPS) is 16.1. The van der Waals surface area contributed by atoms with Crippen LogP contribution >= 0.6 is 12.2 Å². The minimum Gasteiger partial charge on any atom is -0.495 e. The van der Waals surface area contributed by atoms with E-state index in [1.165, 1.54) is 16.3 Å². The van der Waals surface area contributed by atoms with Crippen LogP contribution in [0.3, 0.4) is 0 Å². The number of methoxy groups -OCH3 is 1. The molecule has 1 heterocycles. The Bertz CT molecular complexity index is 772. The molecule has 2 rings (SSSR count). The van der Waals surface area contributed by atoms with Gasteiger partial charge in [-0.1, -0.05) is 12.2 Å². The summed E-state index contributed by atoms with van der Waals surface area (Å²) in [5.74, 6) is 0.520. The van der Waals surface area contributed by atoms with Crippen molar-refractivity contribution in [3.8, 4) is 5.75 Å². The summed E-state index contributed by atoms with van der Waals surface area (Å²) in [6.07, 6.45) is 0. The highest BCUT2D eigenvalue weighted by Gasteiger charge is 2.29. The molecular weight excluding hydrogens is 372 g/mol. The molecular formula is C17H27N4O3S2+. The number of hydrogen-bond acceptors (Lipinski definition) is 4. The first kappa shape index (κ1) is 20.6. The van der Waals surface area contributed by atoms with Gasteiger partial charge in [-0.15, -0.1) is 0 Å². The van der Waals surface area contributed by atoms with Gasteiger partial charge in [-0.05, 0) is 37.3 Å². The summed E-state index contributed by atoms with van der Waals surface area (Å²) in [4.78, 5) is 1.56. The molecule has 1 fully saturated rings. The molecule has 0 spiro atoms. The molecule has 9 heteroatoms. The van der Waals surface area contributed by atoms with Crippen LogP contribution in [0.25, 0.3) is 0 Å². The number of anilines is 1. The van der Waals surface area contributed by atoms with E-state index in [-0.39, 0.29) is 4.90 Å². The van der Waals surface area contributed by atoms with Crippen molar-refractivity contribution in [3.05, 3.63) is 30.4 Å². The van der Waals surface area contributed by atoms with Crippen LogP contribution in [0.1, 0.15) is 6.92 Å². The minimum atomic E-state index is -3.55. The molecule has 1 aliphatic heterocycles. The highest BCUT2D eigenvalue weighted by molar-refractivity contribution is 7.89. The molecule has 144 valence electrons. The van der Waals surface area contributed by atoms with E-state index in [4.69, 9.17) is 17.0 Å². The van der Waals surface area contributed by atoms with E-state index in [1.54, 1.807) is 18.2 Å². The summed E-state index contributed by atoms with van der Waals surface area (Å²) in [6, 6.07) is 4.76. The summed E-state index contributed by atoms with van der Waals surface area (Å²) >= 11 is 5.26. The van der Waals surface area contributed by atoms with E-state index in [1.807, 2.05) is 6.92 Å². The van der Waals surface area contributed by atoms with Gasteiger partial charge in [0, 0.05) is 6.54 Å². The molecule has 0 atom stereocenters. The van der Waals surface area contributed by atoms with Crippen molar-refractivity contribution in [2.45, 2.75) is 11.8 Å². The number of piperazine rings is 1. The number of ether oxygens (including phenoxy) is 1. The maximum atomic E-state index is 12.9. The fourth-order valence-electron chi connectivity index (χ4n) is 2.60. The number of hydrogen-bond donors (Lipinski definition) is 3. The van der Waals surface area contributed by atoms with E-state index in [9.17, 15) is 8.42 Å². The Balaban J connectivity index is 2.22. The minimum absolute atomic E-state index is 0.225. The number of benzene rings is 1. The van der Waals surface area contributed by atoms with E-state index in [0.717, 1.165) is 18.7 Å². The molecule has 26 heavy (non-hydrogen) atoms. The summed E-state index contributed by atoms with van der Waals surface area (Å²) in [7, 11) is 0.0500. The van der Waals surface area contributed by atoms with Crippen molar-refractivity contribution in [2.75, 3.05) is 52.2 Å². The van der Waals surface area contributed by atoms with Gasteiger partial charge in [0.2, 0.25) is 10.0 Å². The predicted molar refractivity (Wildman–Crippen MR) is 107 cm³/mol. The predicted octanol–water partition coefficient (Wildman–Crippen LogP) is 0.0767. The van der Waals surface area contributed by atoms with Gasteiger partial charge in [-0.25, -0.2) is 8.42 Å². The van der Waals surface area contributed by atoms with Gasteiger partial charge in [0.05, 0.1) is 50.9 Å². The molecule has 0 radical (unpaired) electrons. The lowest BCUT2D eigenvalue weighted by Crippen LogP contribution is -3.12. The van der Waals surface area contributed by atoms with Crippen LogP contribution in [-0.2, 0) is 10.0 Å². The van der Waals surface area contributed by atoms with E-state index >= 15 is 0 Å². The lowest BCUT2D eigenvalue weighted by molar-refractivity contribution is -0.883. The number of nitrogens with zero attached hydrogens (tertiary/aromatic N) is 1. The molecule has 1 aromatic carbocycles. The average Bonchev–Trinajstić information content (AvgIpc) is 2.60. The van der Waals surface area contributed by atoms with Crippen molar-refractivity contribution in [1.29, 1.82) is 0 Å². The molecule has 0 aromatic heterocycles. The van der Waals surface area contributed by atoms with Gasteiger partial charge >= 0.3 is 0 Å². The Morgan fingerprint density at radius 2 is 2.04 bits per heavy atom. The van der Waals surface area contributed by atoms with Crippen molar-refractivity contribution in [3.63, 3.8) is 0 Å². The van der Waals surface area contributed by atoms with E-state index < -0.39 is 10.0 Å². The number of nitrogens with one attached hydrogen (secondary N) is 3. The van der Waals surface area contributed by atoms with Gasteiger partial charge in [-0.3, -0.25) is 0 Å². The third-order valence-corrected chi connectivity index (χ3v) is 6.32. The lowest BCUT2D eigenvalue weighted by Gasteiger charge is -2.29. The van der Waals surface area contributed by atoms with Gasteiger partial charge < -0.3 is 20.3 Å². The number of quaternary nitrogens is 1. The maximum absolute atomic E-state index is 12.9. The molecule has 1 saturated heterocycles. The summed E-state index contributed by atoms with van der Waals surface area (Å²) < 4.78 is 32.7. The molecule has 0 amide bonds.